The fourth-order valence-electron chi connectivity index (χ4n) is 1.20. The number of hydrogen-bond acceptors (Lipinski definition) is 5. The molecule has 0 saturated carbocycles. The number of urea groups is 1. The van der Waals surface area contributed by atoms with Crippen LogP contribution in [0, 0.1) is 0 Å². The highest BCUT2D eigenvalue weighted by molar-refractivity contribution is 7.98. The van der Waals surface area contributed by atoms with E-state index in [4.69, 9.17) is 0 Å². The van der Waals surface area contributed by atoms with Crippen LogP contribution in [-0.2, 0) is 0 Å². The molecule has 2 N–H and O–H groups in total. The number of nitrogens with zero attached hydrogens (tertiary/aromatic N) is 2. The van der Waals surface area contributed by atoms with Gasteiger partial charge in [-0.2, -0.15) is 0 Å². The van der Waals surface area contributed by atoms with Crippen LogP contribution >= 0.6 is 23.3 Å². The van der Waals surface area contributed by atoms with Crippen molar-refractivity contribution in [3.05, 3.63) is 30.5 Å². The topological polar surface area (TPSA) is 66.9 Å². The van der Waals surface area contributed by atoms with Gasteiger partial charge in [-0.25, -0.2) is 4.79 Å². The van der Waals surface area contributed by atoms with Gasteiger partial charge in [0, 0.05) is 22.1 Å². The monoisotopic (exact) mass is 266 g/mol. The van der Waals surface area contributed by atoms with Crippen LogP contribution in [0.4, 0.5) is 15.5 Å². The van der Waals surface area contributed by atoms with E-state index in [9.17, 15) is 4.79 Å². The summed E-state index contributed by atoms with van der Waals surface area (Å²) in [4.78, 5) is 12.7. The zero-order chi connectivity index (χ0) is 12.1. The van der Waals surface area contributed by atoms with Crippen molar-refractivity contribution in [2.45, 2.75) is 4.90 Å². The van der Waals surface area contributed by atoms with E-state index in [1.165, 1.54) is 6.20 Å². The van der Waals surface area contributed by atoms with E-state index >= 15 is 0 Å². The number of benzene rings is 1. The van der Waals surface area contributed by atoms with Crippen molar-refractivity contribution in [3.8, 4) is 0 Å². The number of rotatable bonds is 3. The predicted molar refractivity (Wildman–Crippen MR) is 70.8 cm³/mol. The molecule has 0 saturated heterocycles. The molecular weight excluding hydrogens is 256 g/mol. The lowest BCUT2D eigenvalue weighted by atomic mass is 10.3. The van der Waals surface area contributed by atoms with Gasteiger partial charge in [-0.1, -0.05) is 10.6 Å². The molecule has 0 bridgehead atoms. The average Bonchev–Trinajstić information content (AvgIpc) is 2.82. The summed E-state index contributed by atoms with van der Waals surface area (Å²) < 4.78 is 3.66. The van der Waals surface area contributed by atoms with Gasteiger partial charge in [-0.15, -0.1) is 16.9 Å². The van der Waals surface area contributed by atoms with Crippen molar-refractivity contribution in [1.82, 2.24) is 9.59 Å². The Labute approximate surface area is 107 Å². The van der Waals surface area contributed by atoms with Crippen molar-refractivity contribution in [3.63, 3.8) is 0 Å². The Morgan fingerprint density at radius 3 is 3.00 bits per heavy atom. The molecule has 0 radical (unpaired) electrons. The van der Waals surface area contributed by atoms with Gasteiger partial charge in [0.05, 0.1) is 6.20 Å². The first kappa shape index (κ1) is 11.9. The van der Waals surface area contributed by atoms with Gasteiger partial charge < -0.3 is 5.32 Å². The lowest BCUT2D eigenvalue weighted by Gasteiger charge is -2.06. The zero-order valence-corrected chi connectivity index (χ0v) is 10.6. The van der Waals surface area contributed by atoms with Crippen molar-refractivity contribution >= 4 is 40.0 Å². The highest BCUT2D eigenvalue weighted by Crippen LogP contribution is 2.19. The molecule has 0 aliphatic rings. The van der Waals surface area contributed by atoms with Crippen LogP contribution in [0.1, 0.15) is 0 Å². The molecule has 2 amide bonds. The highest BCUT2D eigenvalue weighted by atomic mass is 32.2. The second-order valence-corrected chi connectivity index (χ2v) is 4.76. The lowest BCUT2D eigenvalue weighted by molar-refractivity contribution is 0.262. The van der Waals surface area contributed by atoms with Crippen LogP contribution in [0.5, 0.6) is 0 Å². The largest absolute Gasteiger partial charge is 0.324 e. The van der Waals surface area contributed by atoms with Gasteiger partial charge in [0.2, 0.25) is 0 Å². The Balaban J connectivity index is 1.98. The van der Waals surface area contributed by atoms with Gasteiger partial charge in [0.25, 0.3) is 0 Å². The molecule has 0 unspecified atom stereocenters. The SMILES string of the molecule is CSc1cccc(NC(=O)Nc2cnns2)c1. The van der Waals surface area contributed by atoms with Gasteiger partial charge in [0.15, 0.2) is 0 Å². The normalized spacial score (nSPS) is 9.94. The van der Waals surface area contributed by atoms with E-state index in [1.54, 1.807) is 11.8 Å². The van der Waals surface area contributed by atoms with Gasteiger partial charge in [0.1, 0.15) is 5.00 Å². The molecule has 0 spiro atoms. The molecule has 1 aromatic heterocycles. The smallest absolute Gasteiger partial charge is 0.308 e. The summed E-state index contributed by atoms with van der Waals surface area (Å²) >= 11 is 2.76. The number of aromatic nitrogens is 2. The quantitative estimate of drug-likeness (QED) is 0.838. The summed E-state index contributed by atoms with van der Waals surface area (Å²) in [5.41, 5.74) is 0.756. The van der Waals surface area contributed by atoms with Gasteiger partial charge in [-0.05, 0) is 24.5 Å². The first-order valence-electron chi connectivity index (χ1n) is 4.77. The molecule has 5 nitrogen and oxygen atoms in total. The molecular formula is C10H10N4OS2. The lowest BCUT2D eigenvalue weighted by Crippen LogP contribution is -2.18. The van der Waals surface area contributed by atoms with Crippen LogP contribution in [0.2, 0.25) is 0 Å². The molecule has 88 valence electrons. The molecule has 2 aromatic rings. The predicted octanol–water partition coefficient (Wildman–Crippen LogP) is 2.90. The summed E-state index contributed by atoms with van der Waals surface area (Å²) in [5, 5.41) is 9.63. The fraction of sp³-hybridized carbons (Fsp3) is 0.100. The summed E-state index contributed by atoms with van der Waals surface area (Å²) in [6.07, 6.45) is 3.49. The molecule has 0 aliphatic carbocycles. The Morgan fingerprint density at radius 1 is 1.41 bits per heavy atom. The zero-order valence-electron chi connectivity index (χ0n) is 9.01. The third kappa shape index (κ3) is 3.43. The van der Waals surface area contributed by atoms with E-state index in [0.717, 1.165) is 22.1 Å². The molecule has 0 aliphatic heterocycles. The first-order valence-corrected chi connectivity index (χ1v) is 6.77. The number of anilines is 2. The highest BCUT2D eigenvalue weighted by Gasteiger charge is 2.04. The van der Waals surface area contributed by atoms with Crippen LogP contribution in [0.3, 0.4) is 0 Å². The van der Waals surface area contributed by atoms with Crippen molar-refractivity contribution in [2.24, 2.45) is 0 Å². The Morgan fingerprint density at radius 2 is 2.29 bits per heavy atom. The maximum absolute atomic E-state index is 11.6. The third-order valence-corrected chi connectivity index (χ3v) is 3.23. The second-order valence-electron chi connectivity index (χ2n) is 3.09. The van der Waals surface area contributed by atoms with Crippen molar-refractivity contribution < 1.29 is 4.79 Å². The van der Waals surface area contributed by atoms with Crippen LogP contribution in [-0.4, -0.2) is 21.9 Å². The Bertz CT molecular complexity index is 501. The van der Waals surface area contributed by atoms with Crippen LogP contribution < -0.4 is 10.6 Å². The van der Waals surface area contributed by atoms with Crippen LogP contribution in [0.25, 0.3) is 0 Å². The number of amides is 2. The summed E-state index contributed by atoms with van der Waals surface area (Å²) in [5.74, 6) is 0. The molecule has 1 aromatic carbocycles. The molecule has 0 fully saturated rings. The second kappa shape index (κ2) is 5.65. The number of nitrogens with one attached hydrogen (secondary N) is 2. The number of carbonyl (C=O) groups is 1. The van der Waals surface area contributed by atoms with E-state index in [0.29, 0.717) is 5.00 Å². The molecule has 1 heterocycles. The van der Waals surface area contributed by atoms with E-state index in [-0.39, 0.29) is 6.03 Å². The van der Waals surface area contributed by atoms with Gasteiger partial charge in [-0.3, -0.25) is 5.32 Å². The number of carbonyl (C=O) groups excluding carboxylic acids is 1. The minimum atomic E-state index is -0.297. The van der Waals surface area contributed by atoms with Crippen LogP contribution in [0.15, 0.2) is 35.4 Å². The minimum absolute atomic E-state index is 0.297. The summed E-state index contributed by atoms with van der Waals surface area (Å²) in [6.45, 7) is 0. The Hall–Kier alpha value is -1.60. The third-order valence-electron chi connectivity index (χ3n) is 1.93. The minimum Gasteiger partial charge on any atom is -0.308 e. The molecule has 0 atom stereocenters. The Kier molecular flexibility index (Phi) is 3.94. The number of thioether (sulfide) groups is 1. The standard InChI is InChI=1S/C10H10N4OS2/c1-16-8-4-2-3-7(5-8)12-10(15)13-9-6-11-14-17-9/h2-6H,1H3,(H2,12,13,15). The molecule has 2 rings (SSSR count). The fourth-order valence-corrected chi connectivity index (χ4v) is 2.07. The van der Waals surface area contributed by atoms with E-state index in [2.05, 4.69) is 20.2 Å². The number of hydrogen-bond donors (Lipinski definition) is 2. The maximum Gasteiger partial charge on any atom is 0.324 e. The van der Waals surface area contributed by atoms with E-state index < -0.39 is 0 Å². The summed E-state index contributed by atoms with van der Waals surface area (Å²) in [7, 11) is 0. The molecule has 17 heavy (non-hydrogen) atoms. The maximum atomic E-state index is 11.6. The van der Waals surface area contributed by atoms with Crippen molar-refractivity contribution in [2.75, 3.05) is 16.9 Å². The summed E-state index contributed by atoms with van der Waals surface area (Å²) in [6, 6.07) is 7.34. The molecule has 7 heteroatoms. The van der Waals surface area contributed by atoms with E-state index in [1.807, 2.05) is 30.5 Å². The first-order chi connectivity index (χ1) is 8.28. The average molecular weight is 266 g/mol. The van der Waals surface area contributed by atoms with Gasteiger partial charge >= 0.3 is 6.03 Å². The van der Waals surface area contributed by atoms with Crippen molar-refractivity contribution in [1.29, 1.82) is 0 Å².